The molecule has 104 valence electrons. The molecule has 0 saturated heterocycles. The van der Waals surface area contributed by atoms with Gasteiger partial charge in [0, 0.05) is 11.3 Å². The molecular weight excluding hydrogens is 268 g/mol. The Bertz CT molecular complexity index is 588. The summed E-state index contributed by atoms with van der Waals surface area (Å²) in [4.78, 5) is 0. The van der Waals surface area contributed by atoms with Crippen LogP contribution >= 0.6 is 12.6 Å². The van der Waals surface area contributed by atoms with E-state index < -0.39 is 0 Å². The summed E-state index contributed by atoms with van der Waals surface area (Å²) in [5.41, 5.74) is 3.34. The lowest BCUT2D eigenvalue weighted by Crippen LogP contribution is -1.89. The van der Waals surface area contributed by atoms with Gasteiger partial charge in [-0.1, -0.05) is 36.4 Å². The fourth-order valence-corrected chi connectivity index (χ4v) is 2.10. The van der Waals surface area contributed by atoms with Crippen LogP contribution in [0.2, 0.25) is 0 Å². The highest BCUT2D eigenvalue weighted by Gasteiger charge is 2.01. The third kappa shape index (κ3) is 3.58. The van der Waals surface area contributed by atoms with Gasteiger partial charge in [-0.2, -0.15) is 12.6 Å². The average Bonchev–Trinajstić information content (AvgIpc) is 2.53. The first-order valence-corrected chi connectivity index (χ1v) is 7.00. The fourth-order valence-electron chi connectivity index (χ4n) is 1.89. The molecule has 0 saturated carbocycles. The second-order valence-electron chi connectivity index (χ2n) is 4.34. The molecule has 2 aromatic carbocycles. The Morgan fingerprint density at radius 2 is 1.70 bits per heavy atom. The molecule has 0 heterocycles. The topological polar surface area (TPSA) is 18.5 Å². The standard InChI is InChI=1S/C17H18O2S/c1-18-16-9-10-17(19-2)15(11-16)8-7-13-3-5-14(12-20)6-4-13/h3-11,20H,12H2,1-2H3. The Hall–Kier alpha value is -1.87. The summed E-state index contributed by atoms with van der Waals surface area (Å²) in [6.07, 6.45) is 4.08. The Labute approximate surface area is 125 Å². The number of thiol groups is 1. The van der Waals surface area contributed by atoms with Crippen molar-refractivity contribution in [2.75, 3.05) is 14.2 Å². The Morgan fingerprint density at radius 1 is 0.950 bits per heavy atom. The second kappa shape index (κ2) is 7.06. The van der Waals surface area contributed by atoms with Gasteiger partial charge in [-0.3, -0.25) is 0 Å². The molecule has 0 radical (unpaired) electrons. The maximum atomic E-state index is 5.35. The molecule has 0 spiro atoms. The molecule has 0 atom stereocenters. The van der Waals surface area contributed by atoms with Gasteiger partial charge in [-0.05, 0) is 29.3 Å². The van der Waals surface area contributed by atoms with Crippen molar-refractivity contribution in [1.29, 1.82) is 0 Å². The molecular formula is C17H18O2S. The smallest absolute Gasteiger partial charge is 0.126 e. The van der Waals surface area contributed by atoms with Crippen LogP contribution in [0.15, 0.2) is 42.5 Å². The van der Waals surface area contributed by atoms with Crippen molar-refractivity contribution in [3.05, 3.63) is 59.2 Å². The van der Waals surface area contributed by atoms with E-state index in [0.717, 1.165) is 28.4 Å². The number of hydrogen-bond acceptors (Lipinski definition) is 3. The van der Waals surface area contributed by atoms with Crippen molar-refractivity contribution in [3.8, 4) is 11.5 Å². The van der Waals surface area contributed by atoms with Crippen molar-refractivity contribution in [2.24, 2.45) is 0 Å². The van der Waals surface area contributed by atoms with Crippen LogP contribution < -0.4 is 9.47 Å². The summed E-state index contributed by atoms with van der Waals surface area (Å²) in [5, 5.41) is 0. The lowest BCUT2D eigenvalue weighted by atomic mass is 10.1. The van der Waals surface area contributed by atoms with Gasteiger partial charge in [0.2, 0.25) is 0 Å². The van der Waals surface area contributed by atoms with Crippen LogP contribution in [-0.4, -0.2) is 14.2 Å². The van der Waals surface area contributed by atoms with Crippen molar-refractivity contribution in [3.63, 3.8) is 0 Å². The molecule has 2 nitrogen and oxygen atoms in total. The first kappa shape index (κ1) is 14.5. The average molecular weight is 286 g/mol. The molecule has 0 aliphatic heterocycles. The molecule has 2 rings (SSSR count). The largest absolute Gasteiger partial charge is 0.497 e. The quantitative estimate of drug-likeness (QED) is 0.652. The number of ether oxygens (including phenoxy) is 2. The van der Waals surface area contributed by atoms with E-state index in [1.165, 1.54) is 5.56 Å². The SMILES string of the molecule is COc1ccc(OC)c(C=Cc2ccc(CS)cc2)c1. The molecule has 0 bridgehead atoms. The second-order valence-corrected chi connectivity index (χ2v) is 4.66. The van der Waals surface area contributed by atoms with Gasteiger partial charge in [0.05, 0.1) is 14.2 Å². The summed E-state index contributed by atoms with van der Waals surface area (Å²) in [6, 6.07) is 14.1. The zero-order valence-electron chi connectivity index (χ0n) is 11.7. The van der Waals surface area contributed by atoms with E-state index in [2.05, 4.69) is 43.0 Å². The Kier molecular flexibility index (Phi) is 5.13. The predicted octanol–water partition coefficient (Wildman–Crippen LogP) is 4.30. The zero-order valence-corrected chi connectivity index (χ0v) is 12.6. The molecule has 20 heavy (non-hydrogen) atoms. The van der Waals surface area contributed by atoms with Crippen molar-refractivity contribution in [2.45, 2.75) is 5.75 Å². The zero-order chi connectivity index (χ0) is 14.4. The van der Waals surface area contributed by atoms with Gasteiger partial charge >= 0.3 is 0 Å². The number of hydrogen-bond donors (Lipinski definition) is 1. The number of rotatable bonds is 5. The van der Waals surface area contributed by atoms with Crippen LogP contribution in [-0.2, 0) is 5.75 Å². The number of benzene rings is 2. The summed E-state index contributed by atoms with van der Waals surface area (Å²) in [6.45, 7) is 0. The summed E-state index contributed by atoms with van der Waals surface area (Å²) in [5.74, 6) is 2.40. The first-order valence-electron chi connectivity index (χ1n) is 6.36. The van der Waals surface area contributed by atoms with E-state index in [9.17, 15) is 0 Å². The van der Waals surface area contributed by atoms with Crippen LogP contribution in [0.4, 0.5) is 0 Å². The lowest BCUT2D eigenvalue weighted by Gasteiger charge is -2.07. The van der Waals surface area contributed by atoms with Gasteiger partial charge in [-0.25, -0.2) is 0 Å². The van der Waals surface area contributed by atoms with Gasteiger partial charge in [-0.15, -0.1) is 0 Å². The highest BCUT2D eigenvalue weighted by molar-refractivity contribution is 7.79. The third-order valence-electron chi connectivity index (χ3n) is 3.05. The van der Waals surface area contributed by atoms with Crippen molar-refractivity contribution in [1.82, 2.24) is 0 Å². The molecule has 0 N–H and O–H groups in total. The summed E-state index contributed by atoms with van der Waals surface area (Å²) in [7, 11) is 3.33. The van der Waals surface area contributed by atoms with E-state index in [-0.39, 0.29) is 0 Å². The van der Waals surface area contributed by atoms with Crippen molar-refractivity contribution < 1.29 is 9.47 Å². The monoisotopic (exact) mass is 286 g/mol. The summed E-state index contributed by atoms with van der Waals surface area (Å²) >= 11 is 4.25. The minimum absolute atomic E-state index is 0.758. The molecule has 2 aromatic rings. The van der Waals surface area contributed by atoms with E-state index in [1.807, 2.05) is 24.3 Å². The van der Waals surface area contributed by atoms with E-state index in [4.69, 9.17) is 9.47 Å². The van der Waals surface area contributed by atoms with Gasteiger partial charge in [0.15, 0.2) is 0 Å². The molecule has 0 fully saturated rings. The van der Waals surface area contributed by atoms with Gasteiger partial charge in [0.1, 0.15) is 11.5 Å². The van der Waals surface area contributed by atoms with E-state index in [0.29, 0.717) is 0 Å². The Balaban J connectivity index is 2.24. The molecule has 0 aromatic heterocycles. The summed E-state index contributed by atoms with van der Waals surface area (Å²) < 4.78 is 10.6. The number of methoxy groups -OCH3 is 2. The lowest BCUT2D eigenvalue weighted by molar-refractivity contribution is 0.402. The van der Waals surface area contributed by atoms with Gasteiger partial charge < -0.3 is 9.47 Å². The minimum Gasteiger partial charge on any atom is -0.497 e. The molecule has 0 aliphatic rings. The maximum Gasteiger partial charge on any atom is 0.126 e. The minimum atomic E-state index is 0.758. The third-order valence-corrected chi connectivity index (χ3v) is 3.42. The predicted molar refractivity (Wildman–Crippen MR) is 87.6 cm³/mol. The van der Waals surface area contributed by atoms with E-state index >= 15 is 0 Å². The van der Waals surface area contributed by atoms with Gasteiger partial charge in [0.25, 0.3) is 0 Å². The van der Waals surface area contributed by atoms with E-state index in [1.54, 1.807) is 14.2 Å². The normalized spacial score (nSPS) is 10.8. The highest BCUT2D eigenvalue weighted by atomic mass is 32.1. The fraction of sp³-hybridized carbons (Fsp3) is 0.176. The molecule has 0 unspecified atom stereocenters. The van der Waals surface area contributed by atoms with Crippen LogP contribution in [0.25, 0.3) is 12.2 Å². The van der Waals surface area contributed by atoms with Crippen LogP contribution in [0.3, 0.4) is 0 Å². The first-order chi connectivity index (χ1) is 9.76. The molecule has 0 amide bonds. The van der Waals surface area contributed by atoms with Crippen molar-refractivity contribution >= 4 is 24.8 Å². The highest BCUT2D eigenvalue weighted by Crippen LogP contribution is 2.25. The van der Waals surface area contributed by atoms with Crippen LogP contribution in [0.5, 0.6) is 11.5 Å². The van der Waals surface area contributed by atoms with Crippen LogP contribution in [0, 0.1) is 0 Å². The molecule has 0 aliphatic carbocycles. The maximum absolute atomic E-state index is 5.35. The molecule has 3 heteroatoms. The Morgan fingerprint density at radius 3 is 2.30 bits per heavy atom. The van der Waals surface area contributed by atoms with Crippen LogP contribution in [0.1, 0.15) is 16.7 Å².